The second-order valence-electron chi connectivity index (χ2n) is 3.96. The topological polar surface area (TPSA) is 33.3 Å². The molecule has 0 aromatic heterocycles. The molecule has 0 saturated carbocycles. The molecule has 0 aliphatic rings. The summed E-state index contributed by atoms with van der Waals surface area (Å²) in [4.78, 5) is 0. The number of nitrogens with one attached hydrogen (secondary N) is 2. The molecule has 0 radical (unpaired) electrons. The van der Waals surface area contributed by atoms with Gasteiger partial charge in [0.05, 0.1) is 0 Å². The molecular weight excluding hydrogens is 196 g/mol. The first-order valence-electron chi connectivity index (χ1n) is 5.07. The van der Waals surface area contributed by atoms with Gasteiger partial charge in [-0.15, -0.1) is 0 Å². The van der Waals surface area contributed by atoms with Gasteiger partial charge in [-0.1, -0.05) is 6.92 Å². The van der Waals surface area contributed by atoms with E-state index in [-0.39, 0.29) is 5.54 Å². The summed E-state index contributed by atoms with van der Waals surface area (Å²) in [6.45, 7) is 8.04. The Morgan fingerprint density at radius 1 is 1.43 bits per heavy atom. The highest BCUT2D eigenvalue weighted by Gasteiger charge is 2.14. The fraction of sp³-hybridized carbons (Fsp3) is 0.900. The standard InChI is InChI=1S/C10H22N2OS/c1-5-10(2,3)12-9(14)11-7-6-8-13-4/h5-8H2,1-4H3,(H2,11,12,14). The van der Waals surface area contributed by atoms with Crippen molar-refractivity contribution < 1.29 is 4.74 Å². The fourth-order valence-corrected chi connectivity index (χ4v) is 1.24. The summed E-state index contributed by atoms with van der Waals surface area (Å²) in [6, 6.07) is 0. The Morgan fingerprint density at radius 2 is 2.07 bits per heavy atom. The third-order valence-corrected chi connectivity index (χ3v) is 2.39. The molecule has 0 heterocycles. The lowest BCUT2D eigenvalue weighted by Gasteiger charge is -2.26. The molecule has 84 valence electrons. The zero-order chi connectivity index (χ0) is 11.0. The highest BCUT2D eigenvalue weighted by Crippen LogP contribution is 2.05. The number of methoxy groups -OCH3 is 1. The van der Waals surface area contributed by atoms with Gasteiger partial charge in [0.1, 0.15) is 0 Å². The lowest BCUT2D eigenvalue weighted by atomic mass is 10.0. The van der Waals surface area contributed by atoms with Crippen molar-refractivity contribution in [2.24, 2.45) is 0 Å². The van der Waals surface area contributed by atoms with E-state index in [1.54, 1.807) is 7.11 Å². The van der Waals surface area contributed by atoms with E-state index in [1.165, 1.54) is 0 Å². The molecule has 0 aromatic carbocycles. The fourth-order valence-electron chi connectivity index (χ4n) is 0.858. The van der Waals surface area contributed by atoms with Crippen LogP contribution in [0.1, 0.15) is 33.6 Å². The van der Waals surface area contributed by atoms with Gasteiger partial charge in [-0.25, -0.2) is 0 Å². The van der Waals surface area contributed by atoms with Crippen molar-refractivity contribution in [3.05, 3.63) is 0 Å². The summed E-state index contributed by atoms with van der Waals surface area (Å²) < 4.78 is 4.94. The molecule has 3 nitrogen and oxygen atoms in total. The molecule has 0 amide bonds. The first-order chi connectivity index (χ1) is 6.52. The molecule has 0 spiro atoms. The summed E-state index contributed by atoms with van der Waals surface area (Å²) >= 11 is 5.15. The monoisotopic (exact) mass is 218 g/mol. The van der Waals surface area contributed by atoms with Gasteiger partial charge < -0.3 is 15.4 Å². The predicted octanol–water partition coefficient (Wildman–Crippen LogP) is 1.68. The molecule has 0 rings (SSSR count). The van der Waals surface area contributed by atoms with Crippen LogP contribution in [0.2, 0.25) is 0 Å². The van der Waals surface area contributed by atoms with Gasteiger partial charge in [-0.2, -0.15) is 0 Å². The second-order valence-corrected chi connectivity index (χ2v) is 4.37. The second kappa shape index (κ2) is 7.01. The van der Waals surface area contributed by atoms with E-state index in [1.807, 2.05) is 0 Å². The van der Waals surface area contributed by atoms with E-state index < -0.39 is 0 Å². The third-order valence-electron chi connectivity index (χ3n) is 2.15. The van der Waals surface area contributed by atoms with Crippen LogP contribution in [0.25, 0.3) is 0 Å². The van der Waals surface area contributed by atoms with Crippen molar-refractivity contribution in [3.8, 4) is 0 Å². The molecular formula is C10H22N2OS. The molecule has 14 heavy (non-hydrogen) atoms. The van der Waals surface area contributed by atoms with Crippen molar-refractivity contribution in [1.82, 2.24) is 10.6 Å². The van der Waals surface area contributed by atoms with E-state index in [0.717, 1.165) is 31.1 Å². The van der Waals surface area contributed by atoms with E-state index in [9.17, 15) is 0 Å². The Bertz CT molecular complexity index is 172. The molecule has 0 atom stereocenters. The maximum Gasteiger partial charge on any atom is 0.166 e. The van der Waals surface area contributed by atoms with Crippen molar-refractivity contribution in [2.75, 3.05) is 20.3 Å². The highest BCUT2D eigenvalue weighted by molar-refractivity contribution is 7.80. The quantitative estimate of drug-likeness (QED) is 0.525. The molecule has 0 aliphatic carbocycles. The van der Waals surface area contributed by atoms with Gasteiger partial charge in [0, 0.05) is 25.8 Å². The predicted molar refractivity (Wildman–Crippen MR) is 64.6 cm³/mol. The summed E-state index contributed by atoms with van der Waals surface area (Å²) in [5, 5.41) is 7.14. The lowest BCUT2D eigenvalue weighted by Crippen LogP contribution is -2.48. The van der Waals surface area contributed by atoms with Crippen LogP contribution in [0.3, 0.4) is 0 Å². The van der Waals surface area contributed by atoms with Crippen LogP contribution in [-0.2, 0) is 4.74 Å². The average Bonchev–Trinajstić information content (AvgIpc) is 2.12. The van der Waals surface area contributed by atoms with Gasteiger partial charge in [0.25, 0.3) is 0 Å². The normalized spacial score (nSPS) is 11.1. The molecule has 0 bridgehead atoms. The van der Waals surface area contributed by atoms with Crippen LogP contribution >= 0.6 is 12.2 Å². The van der Waals surface area contributed by atoms with Gasteiger partial charge in [0.2, 0.25) is 0 Å². The SMILES string of the molecule is CCC(C)(C)NC(=S)NCCCOC. The first-order valence-corrected chi connectivity index (χ1v) is 5.47. The van der Waals surface area contributed by atoms with Gasteiger partial charge in [-0.3, -0.25) is 0 Å². The molecule has 0 fully saturated rings. The van der Waals surface area contributed by atoms with Crippen LogP contribution in [-0.4, -0.2) is 30.9 Å². The minimum absolute atomic E-state index is 0.0747. The van der Waals surface area contributed by atoms with Crippen LogP contribution in [0.4, 0.5) is 0 Å². The smallest absolute Gasteiger partial charge is 0.166 e. The molecule has 0 unspecified atom stereocenters. The Kier molecular flexibility index (Phi) is 6.83. The number of hydrogen-bond acceptors (Lipinski definition) is 2. The molecule has 4 heteroatoms. The van der Waals surface area contributed by atoms with Crippen molar-refractivity contribution in [1.29, 1.82) is 0 Å². The van der Waals surface area contributed by atoms with E-state index in [0.29, 0.717) is 0 Å². The molecule has 0 aromatic rings. The number of hydrogen-bond donors (Lipinski definition) is 2. The summed E-state index contributed by atoms with van der Waals surface area (Å²) in [5.41, 5.74) is 0.0747. The summed E-state index contributed by atoms with van der Waals surface area (Å²) in [7, 11) is 1.71. The van der Waals surface area contributed by atoms with Crippen molar-refractivity contribution in [2.45, 2.75) is 39.2 Å². The van der Waals surface area contributed by atoms with Gasteiger partial charge in [0.15, 0.2) is 5.11 Å². The Labute approximate surface area is 92.6 Å². The molecule has 2 N–H and O–H groups in total. The highest BCUT2D eigenvalue weighted by atomic mass is 32.1. The minimum atomic E-state index is 0.0747. The van der Waals surface area contributed by atoms with E-state index in [2.05, 4.69) is 31.4 Å². The van der Waals surface area contributed by atoms with E-state index >= 15 is 0 Å². The van der Waals surface area contributed by atoms with Crippen LogP contribution in [0.15, 0.2) is 0 Å². The largest absolute Gasteiger partial charge is 0.385 e. The number of ether oxygens (including phenoxy) is 1. The van der Waals surface area contributed by atoms with Gasteiger partial charge >= 0.3 is 0 Å². The Hall–Kier alpha value is -0.350. The Morgan fingerprint density at radius 3 is 2.57 bits per heavy atom. The Balaban J connectivity index is 3.55. The van der Waals surface area contributed by atoms with Gasteiger partial charge in [-0.05, 0) is 38.9 Å². The zero-order valence-corrected chi connectivity index (χ0v) is 10.5. The molecule has 0 saturated heterocycles. The first kappa shape index (κ1) is 13.7. The maximum absolute atomic E-state index is 5.15. The van der Waals surface area contributed by atoms with Crippen LogP contribution < -0.4 is 10.6 Å². The summed E-state index contributed by atoms with van der Waals surface area (Å²) in [5.74, 6) is 0. The van der Waals surface area contributed by atoms with Crippen molar-refractivity contribution >= 4 is 17.3 Å². The number of rotatable bonds is 6. The lowest BCUT2D eigenvalue weighted by molar-refractivity contribution is 0.195. The molecule has 0 aliphatic heterocycles. The number of thiocarbonyl (C=S) groups is 1. The zero-order valence-electron chi connectivity index (χ0n) is 9.64. The summed E-state index contributed by atoms with van der Waals surface area (Å²) in [6.07, 6.45) is 2.03. The van der Waals surface area contributed by atoms with Crippen molar-refractivity contribution in [3.63, 3.8) is 0 Å². The maximum atomic E-state index is 5.15. The average molecular weight is 218 g/mol. The minimum Gasteiger partial charge on any atom is -0.385 e. The van der Waals surface area contributed by atoms with Crippen LogP contribution in [0, 0.1) is 0 Å². The van der Waals surface area contributed by atoms with Crippen LogP contribution in [0.5, 0.6) is 0 Å². The third kappa shape index (κ3) is 7.09. The van der Waals surface area contributed by atoms with E-state index in [4.69, 9.17) is 17.0 Å².